The van der Waals surface area contributed by atoms with Crippen molar-refractivity contribution in [1.29, 1.82) is 5.41 Å². The highest BCUT2D eigenvalue weighted by Crippen LogP contribution is 1.66. The highest BCUT2D eigenvalue weighted by molar-refractivity contribution is 6.37. The molecule has 0 rings (SSSR count). The average Bonchev–Trinajstić information content (AvgIpc) is 1.82. The van der Waals surface area contributed by atoms with E-state index in [2.05, 4.69) is 11.9 Å². The number of hydrogen-bond donors (Lipinski definition) is 3. The van der Waals surface area contributed by atoms with Gasteiger partial charge in [0.2, 0.25) is 5.78 Å². The summed E-state index contributed by atoms with van der Waals surface area (Å²) < 4.78 is 0. The predicted octanol–water partition coefficient (Wildman–Crippen LogP) is -0.775. The van der Waals surface area contributed by atoms with Crippen LogP contribution in [0.5, 0.6) is 0 Å². The van der Waals surface area contributed by atoms with Crippen molar-refractivity contribution >= 4 is 11.6 Å². The lowest BCUT2D eigenvalue weighted by Gasteiger charge is -1.95. The van der Waals surface area contributed by atoms with Crippen molar-refractivity contribution in [2.75, 3.05) is 6.54 Å². The highest BCUT2D eigenvalue weighted by atomic mass is 16.1. The van der Waals surface area contributed by atoms with E-state index in [4.69, 9.17) is 11.1 Å². The van der Waals surface area contributed by atoms with Gasteiger partial charge in [0.05, 0.1) is 6.54 Å². The Morgan fingerprint density at radius 1 is 1.89 bits per heavy atom. The zero-order valence-electron chi connectivity index (χ0n) is 4.98. The Kier molecular flexibility index (Phi) is 3.12. The van der Waals surface area contributed by atoms with E-state index in [0.717, 1.165) is 0 Å². The van der Waals surface area contributed by atoms with Gasteiger partial charge in [0.1, 0.15) is 0 Å². The van der Waals surface area contributed by atoms with E-state index in [1.165, 1.54) is 6.20 Å². The van der Waals surface area contributed by atoms with Crippen LogP contribution in [0.25, 0.3) is 0 Å². The molecule has 0 bridgehead atoms. The highest BCUT2D eigenvalue weighted by Gasteiger charge is 2.00. The molecule has 0 aliphatic heterocycles. The quantitative estimate of drug-likeness (QED) is 0.342. The lowest BCUT2D eigenvalue weighted by molar-refractivity contribution is -0.112. The molecule has 9 heavy (non-hydrogen) atoms. The second kappa shape index (κ2) is 3.65. The van der Waals surface area contributed by atoms with E-state index in [9.17, 15) is 4.79 Å². The van der Waals surface area contributed by atoms with Crippen LogP contribution in [0.3, 0.4) is 0 Å². The summed E-state index contributed by atoms with van der Waals surface area (Å²) in [5.74, 6) is -0.848. The number of carbonyl (C=O) groups is 1. The second-order valence-electron chi connectivity index (χ2n) is 1.42. The summed E-state index contributed by atoms with van der Waals surface area (Å²) in [5, 5.41) is 9.16. The van der Waals surface area contributed by atoms with Crippen molar-refractivity contribution in [3.8, 4) is 0 Å². The molecule has 4 nitrogen and oxygen atoms in total. The van der Waals surface area contributed by atoms with Crippen LogP contribution in [0, 0.1) is 5.41 Å². The van der Waals surface area contributed by atoms with Crippen molar-refractivity contribution in [1.82, 2.24) is 5.32 Å². The first kappa shape index (κ1) is 7.68. The number of rotatable bonds is 4. The van der Waals surface area contributed by atoms with Gasteiger partial charge in [-0.1, -0.05) is 6.58 Å². The Hall–Kier alpha value is -1.32. The predicted molar refractivity (Wildman–Crippen MR) is 35.1 cm³/mol. The summed E-state index contributed by atoms with van der Waals surface area (Å²) in [6, 6.07) is 0. The topological polar surface area (TPSA) is 79.0 Å². The zero-order valence-corrected chi connectivity index (χ0v) is 4.98. The number of hydrogen-bond acceptors (Lipinski definition) is 3. The molecule has 0 aliphatic rings. The molecule has 0 saturated carbocycles. The molecular weight excluding hydrogens is 118 g/mol. The Morgan fingerprint density at radius 3 is 2.78 bits per heavy atom. The maximum absolute atomic E-state index is 10.4. The van der Waals surface area contributed by atoms with Crippen LogP contribution in [-0.2, 0) is 4.79 Å². The van der Waals surface area contributed by atoms with Gasteiger partial charge in [-0.3, -0.25) is 10.2 Å². The number of ketones is 1. The molecule has 0 unspecified atom stereocenters. The number of carbonyl (C=O) groups excluding carboxylic acids is 1. The molecule has 50 valence electrons. The molecule has 0 heterocycles. The fourth-order valence-corrected chi connectivity index (χ4v) is 0.260. The number of Topliss-reactive ketones (excluding diaryl/α,β-unsaturated/α-hetero) is 1. The van der Waals surface area contributed by atoms with E-state index < -0.39 is 11.6 Å². The molecule has 0 aromatic rings. The van der Waals surface area contributed by atoms with E-state index in [1.807, 2.05) is 0 Å². The Morgan fingerprint density at radius 2 is 2.44 bits per heavy atom. The summed E-state index contributed by atoms with van der Waals surface area (Å²) in [4.78, 5) is 10.4. The Bertz CT molecular complexity index is 141. The van der Waals surface area contributed by atoms with Crippen LogP contribution in [-0.4, -0.2) is 18.2 Å². The van der Waals surface area contributed by atoms with Crippen LogP contribution in [0.15, 0.2) is 12.8 Å². The molecular formula is C5H9N3O. The minimum atomic E-state index is -0.427. The molecule has 0 aromatic heterocycles. The minimum Gasteiger partial charge on any atom is -0.384 e. The summed E-state index contributed by atoms with van der Waals surface area (Å²) in [6.45, 7) is 3.37. The summed E-state index contributed by atoms with van der Waals surface area (Å²) in [7, 11) is 0. The lowest BCUT2D eigenvalue weighted by Crippen LogP contribution is -2.30. The van der Waals surface area contributed by atoms with Gasteiger partial charge >= 0.3 is 0 Å². The van der Waals surface area contributed by atoms with Crippen molar-refractivity contribution in [2.24, 2.45) is 5.73 Å². The molecule has 0 aliphatic carbocycles. The van der Waals surface area contributed by atoms with Gasteiger partial charge in [-0.25, -0.2) is 0 Å². The van der Waals surface area contributed by atoms with Gasteiger partial charge in [-0.05, 0) is 6.20 Å². The molecule has 4 N–H and O–H groups in total. The monoisotopic (exact) mass is 127 g/mol. The molecule has 0 atom stereocenters. The fraction of sp³-hybridized carbons (Fsp3) is 0.200. The van der Waals surface area contributed by atoms with E-state index in [1.54, 1.807) is 0 Å². The second-order valence-corrected chi connectivity index (χ2v) is 1.42. The van der Waals surface area contributed by atoms with Gasteiger partial charge in [0.25, 0.3) is 0 Å². The zero-order chi connectivity index (χ0) is 7.28. The van der Waals surface area contributed by atoms with Crippen LogP contribution < -0.4 is 11.1 Å². The van der Waals surface area contributed by atoms with Crippen molar-refractivity contribution in [3.63, 3.8) is 0 Å². The van der Waals surface area contributed by atoms with Crippen LogP contribution in [0.4, 0.5) is 0 Å². The molecule has 0 saturated heterocycles. The van der Waals surface area contributed by atoms with Crippen LogP contribution in [0.1, 0.15) is 0 Å². The third kappa shape index (κ3) is 3.28. The largest absolute Gasteiger partial charge is 0.384 e. The van der Waals surface area contributed by atoms with Crippen molar-refractivity contribution in [2.45, 2.75) is 0 Å². The normalized spacial score (nSPS) is 8.00. The first-order valence-electron chi connectivity index (χ1n) is 2.40. The number of nitrogens with two attached hydrogens (primary N) is 1. The van der Waals surface area contributed by atoms with Crippen molar-refractivity contribution < 1.29 is 4.79 Å². The van der Waals surface area contributed by atoms with Gasteiger partial charge in [-0.2, -0.15) is 0 Å². The first-order chi connectivity index (χ1) is 4.18. The molecule has 0 fully saturated rings. The molecule has 0 radical (unpaired) electrons. The fourth-order valence-electron chi connectivity index (χ4n) is 0.260. The standard InChI is InChI=1S/C5H9N3O/c1-2-8-3-4(9)5(6)7/h2,8H,1,3H2,(H3,6,7). The summed E-state index contributed by atoms with van der Waals surface area (Å²) in [5.41, 5.74) is 4.84. The number of nitrogens with one attached hydrogen (secondary N) is 2. The van der Waals surface area contributed by atoms with Crippen LogP contribution in [0.2, 0.25) is 0 Å². The molecule has 0 aromatic carbocycles. The van der Waals surface area contributed by atoms with Gasteiger partial charge in [0, 0.05) is 0 Å². The maximum Gasteiger partial charge on any atom is 0.215 e. The lowest BCUT2D eigenvalue weighted by atomic mass is 10.4. The Balaban J connectivity index is 3.51. The third-order valence-electron chi connectivity index (χ3n) is 0.707. The summed E-state index contributed by atoms with van der Waals surface area (Å²) >= 11 is 0. The third-order valence-corrected chi connectivity index (χ3v) is 0.707. The molecule has 0 spiro atoms. The van der Waals surface area contributed by atoms with Gasteiger partial charge in [0.15, 0.2) is 5.84 Å². The van der Waals surface area contributed by atoms with E-state index in [-0.39, 0.29) is 6.54 Å². The van der Waals surface area contributed by atoms with Gasteiger partial charge < -0.3 is 11.1 Å². The van der Waals surface area contributed by atoms with Gasteiger partial charge in [-0.15, -0.1) is 0 Å². The van der Waals surface area contributed by atoms with E-state index in [0.29, 0.717) is 0 Å². The smallest absolute Gasteiger partial charge is 0.215 e. The SMILES string of the molecule is C=CNCC(=O)C(=N)N. The maximum atomic E-state index is 10.4. The van der Waals surface area contributed by atoms with Crippen LogP contribution >= 0.6 is 0 Å². The summed E-state index contributed by atoms with van der Waals surface area (Å²) in [6.07, 6.45) is 1.38. The molecule has 0 amide bonds. The Labute approximate surface area is 53.2 Å². The number of amidine groups is 1. The average molecular weight is 127 g/mol. The van der Waals surface area contributed by atoms with Crippen molar-refractivity contribution in [3.05, 3.63) is 12.8 Å². The first-order valence-corrected chi connectivity index (χ1v) is 2.40. The minimum absolute atomic E-state index is 0.0544. The van der Waals surface area contributed by atoms with E-state index >= 15 is 0 Å². The molecule has 4 heteroatoms.